The molecule has 158 valence electrons. The Bertz CT molecular complexity index is 1270. The van der Waals surface area contributed by atoms with E-state index in [4.69, 9.17) is 8.94 Å². The lowest BCUT2D eigenvalue weighted by molar-refractivity contribution is 0.0790. The molecule has 9 heteroatoms. The minimum Gasteiger partial charge on any atom is -0.420 e. The highest BCUT2D eigenvalue weighted by molar-refractivity contribution is 6.01. The number of amides is 1. The molecule has 1 atom stereocenters. The van der Waals surface area contributed by atoms with Crippen molar-refractivity contribution < 1.29 is 22.5 Å². The highest BCUT2D eigenvalue weighted by atomic mass is 19.2. The lowest BCUT2D eigenvalue weighted by Gasteiger charge is -2.17. The molecule has 4 aromatic rings. The lowest BCUT2D eigenvalue weighted by atomic mass is 10.1. The number of oxazole rings is 1. The number of carbonyl (C=O) groups is 1. The van der Waals surface area contributed by atoms with Gasteiger partial charge >= 0.3 is 0 Å². The van der Waals surface area contributed by atoms with Gasteiger partial charge in [-0.25, -0.2) is 4.39 Å². The number of carbonyl (C=O) groups excluding carboxylic acids is 1. The molecule has 0 radical (unpaired) electrons. The van der Waals surface area contributed by atoms with Crippen LogP contribution in [0.5, 0.6) is 0 Å². The van der Waals surface area contributed by atoms with Crippen LogP contribution in [0.1, 0.15) is 22.5 Å². The molecule has 0 spiro atoms. The number of aryl methyl sites for hydroxylation is 1. The van der Waals surface area contributed by atoms with E-state index in [0.29, 0.717) is 36.5 Å². The molecule has 5 rings (SSSR count). The van der Waals surface area contributed by atoms with Crippen molar-refractivity contribution in [2.45, 2.75) is 19.4 Å². The number of benzene rings is 2. The van der Waals surface area contributed by atoms with Crippen LogP contribution in [0, 0.1) is 18.6 Å². The molecule has 3 heterocycles. The number of anilines is 1. The zero-order valence-corrected chi connectivity index (χ0v) is 16.6. The average Bonchev–Trinajstić information content (AvgIpc) is 3.50. The van der Waals surface area contributed by atoms with E-state index >= 15 is 0 Å². The zero-order valence-electron chi connectivity index (χ0n) is 16.6. The highest BCUT2D eigenvalue weighted by Crippen LogP contribution is 2.29. The van der Waals surface area contributed by atoms with Gasteiger partial charge in [-0.15, -0.1) is 0 Å². The van der Waals surface area contributed by atoms with Gasteiger partial charge in [-0.3, -0.25) is 4.79 Å². The Morgan fingerprint density at radius 2 is 2.00 bits per heavy atom. The first-order valence-electron chi connectivity index (χ1n) is 9.83. The van der Waals surface area contributed by atoms with Crippen LogP contribution in [0.2, 0.25) is 0 Å². The maximum atomic E-state index is 13.9. The van der Waals surface area contributed by atoms with Crippen LogP contribution in [0.25, 0.3) is 22.4 Å². The third-order valence-corrected chi connectivity index (χ3v) is 5.38. The Morgan fingerprint density at radius 3 is 2.81 bits per heavy atom. The first-order chi connectivity index (χ1) is 15.0. The zero-order chi connectivity index (χ0) is 21.5. The Kier molecular flexibility index (Phi) is 4.65. The van der Waals surface area contributed by atoms with Crippen LogP contribution < -0.4 is 5.32 Å². The molecule has 2 aromatic carbocycles. The summed E-state index contributed by atoms with van der Waals surface area (Å²) in [4.78, 5) is 19.1. The van der Waals surface area contributed by atoms with E-state index in [-0.39, 0.29) is 29.1 Å². The standard InChI is InChI=1S/C22H18F2N4O3/c1-12-17(19(27-31-12)13-5-3-2-4-6-13)21(29)28-10-9-14(11-28)25-22-26-16-8-7-15(23)18(24)20(16)30-22/h2-8,14H,9-11H2,1H3,(H,25,26). The van der Waals surface area contributed by atoms with Gasteiger partial charge in [-0.1, -0.05) is 35.5 Å². The fourth-order valence-electron chi connectivity index (χ4n) is 3.81. The molecule has 1 fully saturated rings. The number of nitrogens with one attached hydrogen (secondary N) is 1. The van der Waals surface area contributed by atoms with Crippen LogP contribution >= 0.6 is 0 Å². The molecule has 0 bridgehead atoms. The smallest absolute Gasteiger partial charge is 0.296 e. The topological polar surface area (TPSA) is 84.4 Å². The molecule has 1 amide bonds. The van der Waals surface area contributed by atoms with Crippen molar-refractivity contribution >= 4 is 23.0 Å². The van der Waals surface area contributed by atoms with E-state index in [2.05, 4.69) is 15.5 Å². The number of hydrogen-bond donors (Lipinski definition) is 1. The fourth-order valence-corrected chi connectivity index (χ4v) is 3.81. The monoisotopic (exact) mass is 424 g/mol. The number of halogens is 2. The van der Waals surface area contributed by atoms with Crippen molar-refractivity contribution in [2.24, 2.45) is 0 Å². The van der Waals surface area contributed by atoms with Crippen LogP contribution in [0.15, 0.2) is 51.4 Å². The molecule has 7 nitrogen and oxygen atoms in total. The van der Waals surface area contributed by atoms with Crippen molar-refractivity contribution in [2.75, 3.05) is 18.4 Å². The van der Waals surface area contributed by atoms with E-state index in [1.54, 1.807) is 11.8 Å². The van der Waals surface area contributed by atoms with Gasteiger partial charge < -0.3 is 19.2 Å². The van der Waals surface area contributed by atoms with Crippen molar-refractivity contribution in [3.05, 3.63) is 65.4 Å². The van der Waals surface area contributed by atoms with Crippen molar-refractivity contribution in [3.8, 4) is 11.3 Å². The van der Waals surface area contributed by atoms with Crippen LogP contribution in [0.4, 0.5) is 14.8 Å². The van der Waals surface area contributed by atoms with E-state index < -0.39 is 11.6 Å². The number of fused-ring (bicyclic) bond motifs is 1. The summed E-state index contributed by atoms with van der Waals surface area (Å²) >= 11 is 0. The summed E-state index contributed by atoms with van der Waals surface area (Å²) in [5.41, 5.74) is 1.74. The normalized spacial score (nSPS) is 16.2. The molecular formula is C22H18F2N4O3. The summed E-state index contributed by atoms with van der Waals surface area (Å²) in [6.45, 7) is 2.62. The molecule has 2 aromatic heterocycles. The summed E-state index contributed by atoms with van der Waals surface area (Å²) in [6.07, 6.45) is 0.645. The highest BCUT2D eigenvalue weighted by Gasteiger charge is 2.32. The summed E-state index contributed by atoms with van der Waals surface area (Å²) < 4.78 is 37.9. The molecular weight excluding hydrogens is 406 g/mol. The Labute approximate surface area is 175 Å². The summed E-state index contributed by atoms with van der Waals surface area (Å²) in [6, 6.07) is 11.7. The molecule has 1 saturated heterocycles. The third kappa shape index (κ3) is 3.41. The van der Waals surface area contributed by atoms with Crippen molar-refractivity contribution in [1.29, 1.82) is 0 Å². The van der Waals surface area contributed by atoms with Gasteiger partial charge in [0.1, 0.15) is 22.5 Å². The number of hydrogen-bond acceptors (Lipinski definition) is 6. The van der Waals surface area contributed by atoms with E-state index in [0.717, 1.165) is 11.6 Å². The van der Waals surface area contributed by atoms with Gasteiger partial charge in [0.2, 0.25) is 5.82 Å². The Morgan fingerprint density at radius 1 is 1.19 bits per heavy atom. The Hall–Kier alpha value is -3.75. The Balaban J connectivity index is 1.33. The average molecular weight is 424 g/mol. The van der Waals surface area contributed by atoms with E-state index in [1.165, 1.54) is 6.07 Å². The number of nitrogens with zero attached hydrogens (tertiary/aromatic N) is 3. The predicted octanol–water partition coefficient (Wildman–Crippen LogP) is 4.40. The first kappa shape index (κ1) is 19.2. The van der Waals surface area contributed by atoms with Gasteiger partial charge in [0.15, 0.2) is 11.4 Å². The fraction of sp³-hybridized carbons (Fsp3) is 0.227. The summed E-state index contributed by atoms with van der Waals surface area (Å²) in [5, 5.41) is 7.14. The molecule has 1 N–H and O–H groups in total. The number of rotatable bonds is 4. The van der Waals surface area contributed by atoms with Crippen molar-refractivity contribution in [1.82, 2.24) is 15.0 Å². The van der Waals surface area contributed by atoms with Crippen molar-refractivity contribution in [3.63, 3.8) is 0 Å². The third-order valence-electron chi connectivity index (χ3n) is 5.38. The van der Waals surface area contributed by atoms with E-state index in [9.17, 15) is 13.6 Å². The maximum Gasteiger partial charge on any atom is 0.296 e. The summed E-state index contributed by atoms with van der Waals surface area (Å²) in [7, 11) is 0. The molecule has 1 aliphatic rings. The largest absolute Gasteiger partial charge is 0.420 e. The van der Waals surface area contributed by atoms with E-state index in [1.807, 2.05) is 30.3 Å². The molecule has 0 aliphatic carbocycles. The van der Waals surface area contributed by atoms with Crippen LogP contribution in [-0.2, 0) is 0 Å². The molecule has 1 aliphatic heterocycles. The predicted molar refractivity (Wildman–Crippen MR) is 109 cm³/mol. The van der Waals surface area contributed by atoms with Gasteiger partial charge in [0.05, 0.1) is 0 Å². The van der Waals surface area contributed by atoms with Gasteiger partial charge in [-0.05, 0) is 25.5 Å². The number of likely N-dealkylation sites (tertiary alicyclic amines) is 1. The van der Waals surface area contributed by atoms with Crippen LogP contribution in [-0.4, -0.2) is 40.1 Å². The second-order valence-corrected chi connectivity index (χ2v) is 7.44. The molecule has 1 unspecified atom stereocenters. The molecule has 31 heavy (non-hydrogen) atoms. The van der Waals surface area contributed by atoms with Gasteiger partial charge in [0, 0.05) is 24.7 Å². The van der Waals surface area contributed by atoms with Crippen LogP contribution in [0.3, 0.4) is 0 Å². The minimum atomic E-state index is -1.07. The summed E-state index contributed by atoms with van der Waals surface area (Å²) in [5.74, 6) is -1.78. The molecule has 0 saturated carbocycles. The SMILES string of the molecule is Cc1onc(-c2ccccc2)c1C(=O)N1CCC(Nc2nc3ccc(F)c(F)c3o2)C1. The second kappa shape index (κ2) is 7.50. The second-order valence-electron chi connectivity index (χ2n) is 7.44. The van der Waals surface area contributed by atoms with Gasteiger partial charge in [-0.2, -0.15) is 9.37 Å². The quantitative estimate of drug-likeness (QED) is 0.523. The lowest BCUT2D eigenvalue weighted by Crippen LogP contribution is -2.32. The first-order valence-corrected chi connectivity index (χ1v) is 9.83. The minimum absolute atomic E-state index is 0.0879. The van der Waals surface area contributed by atoms with Gasteiger partial charge in [0.25, 0.3) is 11.9 Å². The number of aromatic nitrogens is 2. The maximum absolute atomic E-state index is 13.9.